The lowest BCUT2D eigenvalue weighted by atomic mass is 9.89. The minimum absolute atomic E-state index is 0.0265. The van der Waals surface area contributed by atoms with E-state index >= 15 is 0 Å². The Balaban J connectivity index is 1.58. The highest BCUT2D eigenvalue weighted by atomic mass is 32.2. The van der Waals surface area contributed by atoms with Crippen LogP contribution in [0.15, 0.2) is 59.5 Å². The monoisotopic (exact) mass is 457 g/mol. The van der Waals surface area contributed by atoms with Gasteiger partial charge in [0, 0.05) is 31.6 Å². The lowest BCUT2D eigenvalue weighted by molar-refractivity contribution is -0.125. The predicted molar refractivity (Wildman–Crippen MR) is 128 cm³/mol. The highest BCUT2D eigenvalue weighted by molar-refractivity contribution is 7.89. The van der Waals surface area contributed by atoms with Gasteiger partial charge in [0.2, 0.25) is 15.9 Å². The molecule has 6 nitrogen and oxygen atoms in total. The molecule has 0 bridgehead atoms. The van der Waals surface area contributed by atoms with Crippen LogP contribution in [0.1, 0.15) is 43.7 Å². The molecule has 2 aromatic carbocycles. The number of nitrogens with one attached hydrogen (secondary N) is 3. The van der Waals surface area contributed by atoms with E-state index in [2.05, 4.69) is 41.3 Å². The standard InChI is InChI=1S/C25H35N3O3S/c1-18(2)13-21(20-7-5-4-6-8-20)16-27-25(29)22-14-23(17-26-15-22)28-32(30,31)24-11-9-19(3)10-12-24/h4-12,18,21-23,26,28H,13-17H2,1-3H3,(H,27,29)/t21?,22-,23-/m0/s1. The van der Waals surface area contributed by atoms with Gasteiger partial charge in [0.15, 0.2) is 0 Å². The second-order valence-corrected chi connectivity index (χ2v) is 10.9. The van der Waals surface area contributed by atoms with Crippen LogP contribution in [0.5, 0.6) is 0 Å². The van der Waals surface area contributed by atoms with E-state index in [4.69, 9.17) is 0 Å². The van der Waals surface area contributed by atoms with Gasteiger partial charge >= 0.3 is 0 Å². The molecule has 3 atom stereocenters. The first-order chi connectivity index (χ1) is 15.2. The number of benzene rings is 2. The molecule has 3 N–H and O–H groups in total. The first kappa shape index (κ1) is 24.4. The normalized spacial score (nSPS) is 20.1. The average Bonchev–Trinajstić information content (AvgIpc) is 2.77. The van der Waals surface area contributed by atoms with E-state index in [1.807, 2.05) is 25.1 Å². The number of carbonyl (C=O) groups excluding carboxylic acids is 1. The molecule has 1 unspecified atom stereocenters. The van der Waals surface area contributed by atoms with E-state index in [0.717, 1.165) is 12.0 Å². The lowest BCUT2D eigenvalue weighted by Gasteiger charge is -2.30. The molecule has 0 spiro atoms. The van der Waals surface area contributed by atoms with E-state index in [1.54, 1.807) is 24.3 Å². The summed E-state index contributed by atoms with van der Waals surface area (Å²) in [6.07, 6.45) is 1.47. The number of hydrogen-bond acceptors (Lipinski definition) is 4. The molecular weight excluding hydrogens is 422 g/mol. The fourth-order valence-corrected chi connectivity index (χ4v) is 5.48. The highest BCUT2D eigenvalue weighted by Gasteiger charge is 2.30. The summed E-state index contributed by atoms with van der Waals surface area (Å²) in [5.74, 6) is 0.480. The molecule has 3 rings (SSSR count). The maximum absolute atomic E-state index is 12.9. The number of rotatable bonds is 9. The number of piperidine rings is 1. The Morgan fingerprint density at radius 2 is 1.75 bits per heavy atom. The van der Waals surface area contributed by atoms with Crippen molar-refractivity contribution in [1.82, 2.24) is 15.4 Å². The van der Waals surface area contributed by atoms with Gasteiger partial charge in [-0.3, -0.25) is 4.79 Å². The molecule has 1 saturated heterocycles. The van der Waals surface area contributed by atoms with Crippen LogP contribution in [-0.2, 0) is 14.8 Å². The third-order valence-corrected chi connectivity index (χ3v) is 7.46. The van der Waals surface area contributed by atoms with Crippen molar-refractivity contribution in [2.75, 3.05) is 19.6 Å². The van der Waals surface area contributed by atoms with Gasteiger partial charge in [-0.2, -0.15) is 0 Å². The SMILES string of the molecule is Cc1ccc(S(=O)(=O)N[C@@H]2CNC[C@@H](C(=O)NCC(CC(C)C)c3ccccc3)C2)cc1. The molecule has 0 radical (unpaired) electrons. The summed E-state index contributed by atoms with van der Waals surface area (Å²) in [5.41, 5.74) is 2.23. The second kappa shape index (κ2) is 11.1. The van der Waals surface area contributed by atoms with Gasteiger partial charge in [-0.25, -0.2) is 13.1 Å². The van der Waals surface area contributed by atoms with Crippen LogP contribution in [0.25, 0.3) is 0 Å². The summed E-state index contributed by atoms with van der Waals surface area (Å²) < 4.78 is 28.2. The minimum atomic E-state index is -3.62. The molecule has 0 saturated carbocycles. The van der Waals surface area contributed by atoms with Crippen molar-refractivity contribution >= 4 is 15.9 Å². The molecule has 1 fully saturated rings. The Kier molecular flexibility index (Phi) is 8.45. The Hall–Kier alpha value is -2.22. The zero-order valence-corrected chi connectivity index (χ0v) is 20.0. The van der Waals surface area contributed by atoms with Crippen molar-refractivity contribution in [3.63, 3.8) is 0 Å². The van der Waals surface area contributed by atoms with Crippen molar-refractivity contribution < 1.29 is 13.2 Å². The first-order valence-electron chi connectivity index (χ1n) is 11.4. The number of carbonyl (C=O) groups is 1. The topological polar surface area (TPSA) is 87.3 Å². The Morgan fingerprint density at radius 1 is 1.06 bits per heavy atom. The van der Waals surface area contributed by atoms with E-state index in [0.29, 0.717) is 32.0 Å². The Bertz CT molecular complexity index is 975. The third kappa shape index (κ3) is 6.89. The predicted octanol–water partition coefficient (Wildman–Crippen LogP) is 3.20. The average molecular weight is 458 g/mol. The largest absolute Gasteiger partial charge is 0.355 e. The maximum Gasteiger partial charge on any atom is 0.240 e. The minimum Gasteiger partial charge on any atom is -0.355 e. The first-order valence-corrected chi connectivity index (χ1v) is 12.9. The van der Waals surface area contributed by atoms with Crippen LogP contribution in [0.2, 0.25) is 0 Å². The smallest absolute Gasteiger partial charge is 0.240 e. The Morgan fingerprint density at radius 3 is 2.41 bits per heavy atom. The quantitative estimate of drug-likeness (QED) is 0.540. The van der Waals surface area contributed by atoms with Crippen LogP contribution in [0.3, 0.4) is 0 Å². The fraction of sp³-hybridized carbons (Fsp3) is 0.480. The summed E-state index contributed by atoms with van der Waals surface area (Å²) >= 11 is 0. The number of hydrogen-bond donors (Lipinski definition) is 3. The summed E-state index contributed by atoms with van der Waals surface area (Å²) in [4.78, 5) is 13.2. The molecule has 1 aliphatic heterocycles. The number of amides is 1. The van der Waals surface area contributed by atoms with E-state index < -0.39 is 10.0 Å². The third-order valence-electron chi connectivity index (χ3n) is 5.92. The maximum atomic E-state index is 12.9. The molecule has 174 valence electrons. The van der Waals surface area contributed by atoms with E-state index in [-0.39, 0.29) is 28.7 Å². The molecule has 1 aliphatic rings. The highest BCUT2D eigenvalue weighted by Crippen LogP contribution is 2.23. The van der Waals surface area contributed by atoms with Crippen LogP contribution >= 0.6 is 0 Å². The summed E-state index contributed by atoms with van der Waals surface area (Å²) in [6, 6.07) is 16.7. The summed E-state index contributed by atoms with van der Waals surface area (Å²) in [7, 11) is -3.62. The van der Waals surface area contributed by atoms with Crippen molar-refractivity contribution in [2.45, 2.75) is 50.5 Å². The molecule has 32 heavy (non-hydrogen) atoms. The molecule has 0 aliphatic carbocycles. The molecule has 1 heterocycles. The van der Waals surface area contributed by atoms with Gasteiger partial charge in [-0.15, -0.1) is 0 Å². The van der Waals surface area contributed by atoms with E-state index in [1.165, 1.54) is 5.56 Å². The van der Waals surface area contributed by atoms with Crippen molar-refractivity contribution in [3.8, 4) is 0 Å². The van der Waals surface area contributed by atoms with Gasteiger partial charge in [0.1, 0.15) is 0 Å². The van der Waals surface area contributed by atoms with Gasteiger partial charge in [0.25, 0.3) is 0 Å². The molecule has 0 aromatic heterocycles. The second-order valence-electron chi connectivity index (χ2n) is 9.20. The number of aryl methyl sites for hydroxylation is 1. The van der Waals surface area contributed by atoms with Crippen molar-refractivity contribution in [3.05, 3.63) is 65.7 Å². The van der Waals surface area contributed by atoms with Gasteiger partial charge < -0.3 is 10.6 Å². The van der Waals surface area contributed by atoms with Crippen LogP contribution < -0.4 is 15.4 Å². The number of sulfonamides is 1. The zero-order chi connectivity index (χ0) is 23.1. The van der Waals surface area contributed by atoms with Gasteiger partial charge in [-0.05, 0) is 43.4 Å². The molecule has 2 aromatic rings. The van der Waals surface area contributed by atoms with Crippen LogP contribution in [0.4, 0.5) is 0 Å². The van der Waals surface area contributed by atoms with Gasteiger partial charge in [0.05, 0.1) is 10.8 Å². The summed E-state index contributed by atoms with van der Waals surface area (Å²) in [6.45, 7) is 7.93. The summed E-state index contributed by atoms with van der Waals surface area (Å²) in [5, 5.41) is 6.33. The molecule has 1 amide bonds. The van der Waals surface area contributed by atoms with E-state index in [9.17, 15) is 13.2 Å². The lowest BCUT2D eigenvalue weighted by Crippen LogP contribution is -2.52. The fourth-order valence-electron chi connectivity index (χ4n) is 4.24. The van der Waals surface area contributed by atoms with Gasteiger partial charge in [-0.1, -0.05) is 61.9 Å². The molecule has 7 heteroatoms. The molecular formula is C25H35N3O3S. The van der Waals surface area contributed by atoms with Crippen LogP contribution in [0, 0.1) is 18.8 Å². The zero-order valence-electron chi connectivity index (χ0n) is 19.2. The van der Waals surface area contributed by atoms with Crippen molar-refractivity contribution in [2.24, 2.45) is 11.8 Å². The van der Waals surface area contributed by atoms with Crippen LogP contribution in [-0.4, -0.2) is 40.0 Å². The Labute approximate surface area is 192 Å². The van der Waals surface area contributed by atoms with Crippen molar-refractivity contribution in [1.29, 1.82) is 0 Å².